The van der Waals surface area contributed by atoms with Gasteiger partial charge < -0.3 is 4.74 Å². The number of benzene rings is 4. The van der Waals surface area contributed by atoms with E-state index in [1.165, 1.54) is 5.39 Å². The molecule has 1 aliphatic heterocycles. The molecule has 2 heteroatoms. The Kier molecular flexibility index (Phi) is 3.19. The molecule has 1 saturated heterocycles. The summed E-state index contributed by atoms with van der Waals surface area (Å²) in [4.78, 5) is 12.8. The Hall–Kier alpha value is -2.97. The smallest absolute Gasteiger partial charge is 0.194 e. The van der Waals surface area contributed by atoms with Gasteiger partial charge in [0, 0.05) is 5.56 Å². The molecule has 2 unspecified atom stereocenters. The molecule has 0 bridgehead atoms. The second kappa shape index (κ2) is 5.54. The summed E-state index contributed by atoms with van der Waals surface area (Å²) in [7, 11) is 0. The summed E-state index contributed by atoms with van der Waals surface area (Å²) in [6.45, 7) is 0. The van der Waals surface area contributed by atoms with Crippen molar-refractivity contribution in [2.24, 2.45) is 0 Å². The Balaban J connectivity index is 1.47. The normalized spacial score (nSPS) is 19.2. The number of rotatable bonds is 3. The topological polar surface area (TPSA) is 29.6 Å². The van der Waals surface area contributed by atoms with Crippen LogP contribution in [0.15, 0.2) is 84.9 Å². The van der Waals surface area contributed by atoms with Crippen molar-refractivity contribution < 1.29 is 9.53 Å². The molecule has 25 heavy (non-hydrogen) atoms. The maximum absolute atomic E-state index is 12.8. The summed E-state index contributed by atoms with van der Waals surface area (Å²) in [5, 5.41) is 4.55. The standard InChI is InChI=1S/C23H16O2/c24-21(18-13-12-15-6-1-2-8-17(15)14-18)23-22(25-23)20-11-5-9-16-7-3-4-10-19(16)20/h1-14,22-23H. The maximum atomic E-state index is 12.8. The average Bonchev–Trinajstić information content (AvgIpc) is 3.47. The van der Waals surface area contributed by atoms with Gasteiger partial charge >= 0.3 is 0 Å². The van der Waals surface area contributed by atoms with Crippen molar-refractivity contribution in [1.82, 2.24) is 0 Å². The van der Waals surface area contributed by atoms with Crippen molar-refractivity contribution in [2.75, 3.05) is 0 Å². The van der Waals surface area contributed by atoms with Crippen molar-refractivity contribution in [2.45, 2.75) is 12.2 Å². The summed E-state index contributed by atoms with van der Waals surface area (Å²) in [6.07, 6.45) is -0.531. The fourth-order valence-corrected chi connectivity index (χ4v) is 3.55. The molecule has 0 N–H and O–H groups in total. The lowest BCUT2D eigenvalue weighted by molar-refractivity contribution is 0.0954. The van der Waals surface area contributed by atoms with Gasteiger partial charge in [0.25, 0.3) is 0 Å². The predicted molar refractivity (Wildman–Crippen MR) is 99.8 cm³/mol. The lowest BCUT2D eigenvalue weighted by Crippen LogP contribution is -2.08. The number of hydrogen-bond acceptors (Lipinski definition) is 2. The number of epoxide rings is 1. The van der Waals surface area contributed by atoms with E-state index in [0.717, 1.165) is 21.7 Å². The Bertz CT molecular complexity index is 1110. The van der Waals surface area contributed by atoms with E-state index in [1.807, 2.05) is 54.6 Å². The second-order valence-corrected chi connectivity index (χ2v) is 6.47. The van der Waals surface area contributed by atoms with Gasteiger partial charge in [-0.25, -0.2) is 0 Å². The first-order chi connectivity index (χ1) is 12.3. The van der Waals surface area contributed by atoms with Crippen LogP contribution in [0.4, 0.5) is 0 Å². The molecule has 4 aromatic carbocycles. The van der Waals surface area contributed by atoms with Gasteiger partial charge in [-0.15, -0.1) is 0 Å². The summed E-state index contributed by atoms with van der Waals surface area (Å²) < 4.78 is 5.79. The van der Waals surface area contributed by atoms with Crippen molar-refractivity contribution in [3.8, 4) is 0 Å². The first-order valence-electron chi connectivity index (χ1n) is 8.47. The molecule has 0 spiro atoms. The van der Waals surface area contributed by atoms with Crippen LogP contribution in [0, 0.1) is 0 Å². The predicted octanol–water partition coefficient (Wildman–Crippen LogP) is 5.32. The highest BCUT2D eigenvalue weighted by Gasteiger charge is 2.46. The molecule has 0 saturated carbocycles. The number of hydrogen-bond donors (Lipinski definition) is 0. The van der Waals surface area contributed by atoms with Crippen molar-refractivity contribution in [3.05, 3.63) is 96.1 Å². The molecular formula is C23H16O2. The van der Waals surface area contributed by atoms with Gasteiger partial charge in [-0.2, -0.15) is 0 Å². The highest BCUT2D eigenvalue weighted by atomic mass is 16.6. The van der Waals surface area contributed by atoms with E-state index in [4.69, 9.17) is 4.74 Å². The molecule has 0 amide bonds. The fraction of sp³-hybridized carbons (Fsp3) is 0.0870. The zero-order chi connectivity index (χ0) is 16.8. The molecule has 1 fully saturated rings. The third-order valence-corrected chi connectivity index (χ3v) is 4.91. The van der Waals surface area contributed by atoms with E-state index in [9.17, 15) is 4.79 Å². The molecule has 2 nitrogen and oxygen atoms in total. The van der Waals surface area contributed by atoms with Crippen LogP contribution in [-0.4, -0.2) is 11.9 Å². The Morgan fingerprint density at radius 2 is 1.44 bits per heavy atom. The SMILES string of the molecule is O=C(c1ccc2ccccc2c1)C1OC1c1cccc2ccccc12. The maximum Gasteiger partial charge on any atom is 0.194 e. The monoisotopic (exact) mass is 324 g/mol. The van der Waals surface area contributed by atoms with Crippen LogP contribution in [0.25, 0.3) is 21.5 Å². The molecule has 1 aliphatic rings. The number of fused-ring (bicyclic) bond motifs is 2. The van der Waals surface area contributed by atoms with Gasteiger partial charge in [0.1, 0.15) is 6.10 Å². The average molecular weight is 324 g/mol. The Morgan fingerprint density at radius 1 is 0.720 bits per heavy atom. The third kappa shape index (κ3) is 2.43. The van der Waals surface area contributed by atoms with Crippen molar-refractivity contribution >= 4 is 27.3 Å². The van der Waals surface area contributed by atoms with E-state index >= 15 is 0 Å². The van der Waals surface area contributed by atoms with Crippen LogP contribution in [0.2, 0.25) is 0 Å². The van der Waals surface area contributed by atoms with Crippen LogP contribution in [-0.2, 0) is 4.74 Å². The van der Waals surface area contributed by atoms with Gasteiger partial charge in [-0.05, 0) is 33.2 Å². The van der Waals surface area contributed by atoms with Crippen molar-refractivity contribution in [3.63, 3.8) is 0 Å². The minimum atomic E-state index is -0.382. The van der Waals surface area contributed by atoms with E-state index in [-0.39, 0.29) is 18.0 Å². The highest BCUT2D eigenvalue weighted by Crippen LogP contribution is 2.43. The molecule has 0 aliphatic carbocycles. The molecular weight excluding hydrogens is 308 g/mol. The molecule has 120 valence electrons. The molecule has 0 radical (unpaired) electrons. The van der Waals surface area contributed by atoms with Gasteiger partial charge in [0.15, 0.2) is 11.9 Å². The summed E-state index contributed by atoms with van der Waals surface area (Å²) in [6, 6.07) is 28.3. The van der Waals surface area contributed by atoms with Gasteiger partial charge in [0.2, 0.25) is 0 Å². The Morgan fingerprint density at radius 3 is 2.32 bits per heavy atom. The first-order valence-corrected chi connectivity index (χ1v) is 8.47. The van der Waals surface area contributed by atoms with E-state index < -0.39 is 0 Å². The minimum Gasteiger partial charge on any atom is -0.356 e. The molecule has 5 rings (SSSR count). The first kappa shape index (κ1) is 14.4. The summed E-state index contributed by atoms with van der Waals surface area (Å²) >= 11 is 0. The lowest BCUT2D eigenvalue weighted by atomic mass is 9.97. The number of ketones is 1. The van der Waals surface area contributed by atoms with Gasteiger partial charge in [-0.3, -0.25) is 4.79 Å². The van der Waals surface area contributed by atoms with Crippen LogP contribution >= 0.6 is 0 Å². The second-order valence-electron chi connectivity index (χ2n) is 6.47. The van der Waals surface area contributed by atoms with E-state index in [2.05, 4.69) is 30.3 Å². The number of carbonyl (C=O) groups excluding carboxylic acids is 1. The number of carbonyl (C=O) groups is 1. The van der Waals surface area contributed by atoms with E-state index in [1.54, 1.807) is 0 Å². The van der Waals surface area contributed by atoms with Gasteiger partial charge in [-0.1, -0.05) is 78.9 Å². The minimum absolute atomic E-state index is 0.0590. The lowest BCUT2D eigenvalue weighted by Gasteiger charge is -2.04. The van der Waals surface area contributed by atoms with E-state index in [0.29, 0.717) is 5.56 Å². The van der Waals surface area contributed by atoms with Crippen molar-refractivity contribution in [1.29, 1.82) is 0 Å². The summed E-state index contributed by atoms with van der Waals surface area (Å²) in [5.74, 6) is 0.0590. The van der Waals surface area contributed by atoms with Crippen LogP contribution in [0.3, 0.4) is 0 Å². The molecule has 4 aromatic rings. The van der Waals surface area contributed by atoms with Crippen LogP contribution in [0.5, 0.6) is 0 Å². The number of ether oxygens (including phenoxy) is 1. The zero-order valence-corrected chi connectivity index (χ0v) is 13.6. The zero-order valence-electron chi connectivity index (χ0n) is 13.6. The molecule has 2 atom stereocenters. The quantitative estimate of drug-likeness (QED) is 0.377. The van der Waals surface area contributed by atoms with Crippen LogP contribution < -0.4 is 0 Å². The molecule has 1 heterocycles. The number of Topliss-reactive ketones (excluding diaryl/α,β-unsaturated/α-hetero) is 1. The molecule has 0 aromatic heterocycles. The van der Waals surface area contributed by atoms with Crippen LogP contribution in [0.1, 0.15) is 22.0 Å². The summed E-state index contributed by atoms with van der Waals surface area (Å²) in [5.41, 5.74) is 1.81. The highest BCUT2D eigenvalue weighted by molar-refractivity contribution is 6.04. The Labute approximate surface area is 145 Å². The van der Waals surface area contributed by atoms with Gasteiger partial charge in [0.05, 0.1) is 0 Å². The largest absolute Gasteiger partial charge is 0.356 e. The third-order valence-electron chi connectivity index (χ3n) is 4.91. The fourth-order valence-electron chi connectivity index (χ4n) is 3.55.